The molecule has 1 heterocycles. The van der Waals surface area contributed by atoms with Crippen LogP contribution in [0.3, 0.4) is 0 Å². The molecule has 3 rings (SSSR count). The maximum absolute atomic E-state index is 6.25. The number of nitrogens with one attached hydrogen (secondary N) is 1. The molecule has 0 amide bonds. The van der Waals surface area contributed by atoms with Crippen molar-refractivity contribution in [2.24, 2.45) is 5.84 Å². The van der Waals surface area contributed by atoms with Crippen molar-refractivity contribution < 1.29 is 4.74 Å². The van der Waals surface area contributed by atoms with Gasteiger partial charge >= 0.3 is 0 Å². The van der Waals surface area contributed by atoms with E-state index < -0.39 is 0 Å². The first-order chi connectivity index (χ1) is 9.69. The molecule has 0 bridgehead atoms. The highest BCUT2D eigenvalue weighted by Crippen LogP contribution is 2.36. The molecule has 1 aliphatic rings. The zero-order valence-electron chi connectivity index (χ0n) is 10.6. The van der Waals surface area contributed by atoms with E-state index in [1.807, 2.05) is 24.3 Å². The van der Waals surface area contributed by atoms with Gasteiger partial charge in [0.1, 0.15) is 11.9 Å². The number of ether oxygens (including phenoxy) is 1. The lowest BCUT2D eigenvalue weighted by Gasteiger charge is -2.24. The summed E-state index contributed by atoms with van der Waals surface area (Å²) in [5, 5.41) is 1.25. The zero-order chi connectivity index (χ0) is 14.1. The van der Waals surface area contributed by atoms with Gasteiger partial charge in [0.05, 0.1) is 6.04 Å². The molecule has 2 unspecified atom stereocenters. The predicted molar refractivity (Wildman–Crippen MR) is 81.1 cm³/mol. The maximum Gasteiger partial charge on any atom is 0.124 e. The minimum atomic E-state index is -0.214. The van der Waals surface area contributed by atoms with Crippen molar-refractivity contribution >= 4 is 23.2 Å². The summed E-state index contributed by atoms with van der Waals surface area (Å²) in [5.74, 6) is 6.61. The second kappa shape index (κ2) is 5.62. The first kappa shape index (κ1) is 13.7. The Balaban J connectivity index is 1.91. The van der Waals surface area contributed by atoms with Crippen molar-refractivity contribution in [2.75, 3.05) is 0 Å². The lowest BCUT2D eigenvalue weighted by atomic mass is 9.98. The van der Waals surface area contributed by atoms with E-state index in [2.05, 4.69) is 11.5 Å². The van der Waals surface area contributed by atoms with E-state index in [4.69, 9.17) is 33.8 Å². The van der Waals surface area contributed by atoms with E-state index in [0.717, 1.165) is 17.7 Å². The molecule has 104 valence electrons. The van der Waals surface area contributed by atoms with Gasteiger partial charge in [0.2, 0.25) is 0 Å². The number of fused-ring (bicyclic) bond motifs is 1. The van der Waals surface area contributed by atoms with Gasteiger partial charge in [-0.1, -0.05) is 41.4 Å². The van der Waals surface area contributed by atoms with E-state index in [1.165, 1.54) is 5.56 Å². The van der Waals surface area contributed by atoms with Crippen molar-refractivity contribution in [3.63, 3.8) is 0 Å². The zero-order valence-corrected chi connectivity index (χ0v) is 12.2. The molecule has 2 atom stereocenters. The van der Waals surface area contributed by atoms with Crippen LogP contribution in [0.2, 0.25) is 10.0 Å². The Morgan fingerprint density at radius 3 is 2.75 bits per heavy atom. The number of para-hydroxylation sites is 1. The molecule has 20 heavy (non-hydrogen) atoms. The molecule has 3 N–H and O–H groups in total. The second-order valence-electron chi connectivity index (χ2n) is 4.78. The summed E-state index contributed by atoms with van der Waals surface area (Å²) in [4.78, 5) is 0. The molecule has 0 spiro atoms. The molecule has 2 aromatic rings. The molecule has 0 saturated heterocycles. The smallest absolute Gasteiger partial charge is 0.124 e. The molecule has 2 aromatic carbocycles. The summed E-state index contributed by atoms with van der Waals surface area (Å²) in [6.07, 6.45) is 0.682. The number of nitrogens with two attached hydrogens (primary N) is 1. The monoisotopic (exact) mass is 308 g/mol. The third-order valence-corrected chi connectivity index (χ3v) is 4.10. The molecule has 0 aromatic heterocycles. The Bertz CT molecular complexity index is 608. The normalized spacial score (nSPS) is 18.4. The largest absolute Gasteiger partial charge is 0.488 e. The summed E-state index contributed by atoms with van der Waals surface area (Å²) in [6.45, 7) is 0. The fourth-order valence-corrected chi connectivity index (χ4v) is 2.96. The SMILES string of the molecule is NNC(c1cc(Cl)ccc1Cl)C1Cc2ccccc2O1. The molecular weight excluding hydrogens is 295 g/mol. The fraction of sp³-hybridized carbons (Fsp3) is 0.200. The Kier molecular flexibility index (Phi) is 3.85. The van der Waals surface area contributed by atoms with Crippen LogP contribution >= 0.6 is 23.2 Å². The van der Waals surface area contributed by atoms with Crippen LogP contribution in [0.25, 0.3) is 0 Å². The van der Waals surface area contributed by atoms with Crippen molar-refractivity contribution in [1.29, 1.82) is 0 Å². The molecule has 0 aliphatic carbocycles. The summed E-state index contributed by atoms with van der Waals surface area (Å²) in [5.41, 5.74) is 4.82. The van der Waals surface area contributed by atoms with Crippen molar-refractivity contribution in [3.8, 4) is 5.75 Å². The number of hydrazine groups is 1. The van der Waals surface area contributed by atoms with Crippen LogP contribution in [-0.4, -0.2) is 6.10 Å². The van der Waals surface area contributed by atoms with Gasteiger partial charge in [-0.05, 0) is 35.4 Å². The Labute approximate surface area is 127 Å². The Morgan fingerprint density at radius 1 is 1.20 bits per heavy atom. The number of halogens is 2. The first-order valence-electron chi connectivity index (χ1n) is 6.34. The maximum atomic E-state index is 6.25. The van der Waals surface area contributed by atoms with E-state index in [1.54, 1.807) is 12.1 Å². The van der Waals surface area contributed by atoms with Crippen LogP contribution < -0.4 is 16.0 Å². The lowest BCUT2D eigenvalue weighted by molar-refractivity contribution is 0.179. The van der Waals surface area contributed by atoms with Gasteiger partial charge in [-0.3, -0.25) is 5.84 Å². The number of benzene rings is 2. The van der Waals surface area contributed by atoms with Crippen LogP contribution in [0.4, 0.5) is 0 Å². The van der Waals surface area contributed by atoms with E-state index in [9.17, 15) is 0 Å². The average molecular weight is 309 g/mol. The quantitative estimate of drug-likeness (QED) is 0.674. The highest BCUT2D eigenvalue weighted by Gasteiger charge is 2.31. The molecular formula is C15H14Cl2N2O. The third kappa shape index (κ3) is 2.50. The highest BCUT2D eigenvalue weighted by molar-refractivity contribution is 6.33. The standard InChI is InChI=1S/C15H14Cl2N2O/c16-10-5-6-12(17)11(8-10)15(19-18)14-7-9-3-1-2-4-13(9)20-14/h1-6,8,14-15,19H,7,18H2. The molecule has 3 nitrogen and oxygen atoms in total. The second-order valence-corrected chi connectivity index (χ2v) is 5.62. The van der Waals surface area contributed by atoms with Gasteiger partial charge in [-0.25, -0.2) is 5.43 Å². The van der Waals surface area contributed by atoms with E-state index in [-0.39, 0.29) is 12.1 Å². The molecule has 0 fully saturated rings. The van der Waals surface area contributed by atoms with E-state index >= 15 is 0 Å². The molecule has 1 aliphatic heterocycles. The van der Waals surface area contributed by atoms with Crippen LogP contribution in [-0.2, 0) is 6.42 Å². The van der Waals surface area contributed by atoms with Crippen LogP contribution in [0, 0.1) is 0 Å². The van der Waals surface area contributed by atoms with Crippen molar-refractivity contribution in [2.45, 2.75) is 18.6 Å². The van der Waals surface area contributed by atoms with Gasteiger partial charge in [-0.15, -0.1) is 0 Å². The van der Waals surface area contributed by atoms with Gasteiger partial charge in [0.25, 0.3) is 0 Å². The number of hydrogen-bond donors (Lipinski definition) is 2. The minimum Gasteiger partial charge on any atom is -0.488 e. The summed E-state index contributed by atoms with van der Waals surface area (Å²) in [7, 11) is 0. The van der Waals surface area contributed by atoms with Crippen LogP contribution in [0.5, 0.6) is 5.75 Å². The minimum absolute atomic E-state index is 0.103. The lowest BCUT2D eigenvalue weighted by Crippen LogP contribution is -2.39. The van der Waals surface area contributed by atoms with Crippen molar-refractivity contribution in [3.05, 3.63) is 63.6 Å². The topological polar surface area (TPSA) is 47.3 Å². The van der Waals surface area contributed by atoms with Crippen molar-refractivity contribution in [1.82, 2.24) is 5.43 Å². The van der Waals surface area contributed by atoms with Gasteiger partial charge in [0.15, 0.2) is 0 Å². The molecule has 0 saturated carbocycles. The molecule has 0 radical (unpaired) electrons. The molecule has 5 heteroatoms. The first-order valence-corrected chi connectivity index (χ1v) is 7.10. The van der Waals surface area contributed by atoms with Crippen LogP contribution in [0.15, 0.2) is 42.5 Å². The Morgan fingerprint density at radius 2 is 2.00 bits per heavy atom. The fourth-order valence-electron chi connectivity index (χ4n) is 2.55. The Hall–Kier alpha value is -1.26. The predicted octanol–water partition coefficient (Wildman–Crippen LogP) is 3.50. The third-order valence-electron chi connectivity index (χ3n) is 3.52. The number of hydrogen-bond acceptors (Lipinski definition) is 3. The van der Waals surface area contributed by atoms with Gasteiger partial charge < -0.3 is 4.74 Å². The summed E-state index contributed by atoms with van der Waals surface area (Å²) in [6, 6.07) is 13.1. The average Bonchev–Trinajstić information content (AvgIpc) is 2.87. The highest BCUT2D eigenvalue weighted by atomic mass is 35.5. The summed E-state index contributed by atoms with van der Waals surface area (Å²) < 4.78 is 5.97. The summed E-state index contributed by atoms with van der Waals surface area (Å²) >= 11 is 12.3. The van der Waals surface area contributed by atoms with Gasteiger partial charge in [0, 0.05) is 16.5 Å². The van der Waals surface area contributed by atoms with E-state index in [0.29, 0.717) is 10.0 Å². The van der Waals surface area contributed by atoms with Crippen LogP contribution in [0.1, 0.15) is 17.2 Å². The number of rotatable bonds is 3. The van der Waals surface area contributed by atoms with Gasteiger partial charge in [-0.2, -0.15) is 0 Å².